The largest absolute Gasteiger partial charge is 0.377 e. The summed E-state index contributed by atoms with van der Waals surface area (Å²) < 4.78 is 5.70. The lowest BCUT2D eigenvalue weighted by atomic mass is 9.92. The Morgan fingerprint density at radius 2 is 2.11 bits per heavy atom. The summed E-state index contributed by atoms with van der Waals surface area (Å²) in [6.45, 7) is 13.7. The Morgan fingerprint density at radius 1 is 1.37 bits per heavy atom. The van der Waals surface area contributed by atoms with Crippen molar-refractivity contribution in [2.75, 3.05) is 33.3 Å². The molecule has 114 valence electrons. The van der Waals surface area contributed by atoms with E-state index in [1.54, 1.807) is 0 Å². The quantitative estimate of drug-likeness (QED) is 0.734. The summed E-state index contributed by atoms with van der Waals surface area (Å²) in [6, 6.07) is 0.615. The molecule has 1 rings (SSSR count). The highest BCUT2D eigenvalue weighted by Gasteiger charge is 2.32. The van der Waals surface area contributed by atoms with E-state index in [0.29, 0.717) is 6.04 Å². The van der Waals surface area contributed by atoms with Crippen molar-refractivity contribution in [3.63, 3.8) is 0 Å². The van der Waals surface area contributed by atoms with Crippen LogP contribution in [0, 0.1) is 5.92 Å². The Morgan fingerprint density at radius 3 is 2.68 bits per heavy atom. The zero-order chi connectivity index (χ0) is 14.3. The molecule has 19 heavy (non-hydrogen) atoms. The minimum atomic E-state index is 0.0585. The maximum absolute atomic E-state index is 5.70. The van der Waals surface area contributed by atoms with Crippen LogP contribution in [0.25, 0.3) is 0 Å². The Labute approximate surface area is 120 Å². The molecule has 0 aromatic carbocycles. The summed E-state index contributed by atoms with van der Waals surface area (Å²) in [7, 11) is 1.85. The molecule has 1 fully saturated rings. The normalized spacial score (nSPS) is 28.3. The zero-order valence-corrected chi connectivity index (χ0v) is 13.7. The second-order valence-corrected chi connectivity index (χ2v) is 6.44. The van der Waals surface area contributed by atoms with E-state index < -0.39 is 0 Å². The number of hydrogen-bond acceptors (Lipinski definition) is 3. The fraction of sp³-hybridized carbons (Fsp3) is 1.00. The second kappa shape index (κ2) is 8.23. The van der Waals surface area contributed by atoms with Gasteiger partial charge in [0.2, 0.25) is 0 Å². The van der Waals surface area contributed by atoms with Gasteiger partial charge in [-0.05, 0) is 45.2 Å². The maximum atomic E-state index is 5.70. The molecule has 0 spiro atoms. The highest BCUT2D eigenvalue weighted by Crippen LogP contribution is 2.24. The van der Waals surface area contributed by atoms with Gasteiger partial charge in [-0.2, -0.15) is 0 Å². The van der Waals surface area contributed by atoms with E-state index in [0.717, 1.165) is 25.6 Å². The number of hydrogen-bond donors (Lipinski definition) is 1. The van der Waals surface area contributed by atoms with Crippen molar-refractivity contribution < 1.29 is 4.74 Å². The molecular formula is C16H34N2O. The fourth-order valence-corrected chi connectivity index (χ4v) is 2.97. The summed E-state index contributed by atoms with van der Waals surface area (Å²) in [6.07, 6.45) is 4.90. The van der Waals surface area contributed by atoms with E-state index in [9.17, 15) is 0 Å². The van der Waals surface area contributed by atoms with Crippen LogP contribution >= 0.6 is 0 Å². The van der Waals surface area contributed by atoms with E-state index in [-0.39, 0.29) is 5.60 Å². The van der Waals surface area contributed by atoms with Crippen LogP contribution in [0.5, 0.6) is 0 Å². The summed E-state index contributed by atoms with van der Waals surface area (Å²) in [5, 5.41) is 3.73. The van der Waals surface area contributed by atoms with E-state index >= 15 is 0 Å². The molecule has 0 radical (unpaired) electrons. The molecule has 0 aromatic rings. The van der Waals surface area contributed by atoms with Crippen LogP contribution in [0.15, 0.2) is 0 Å². The lowest BCUT2D eigenvalue weighted by molar-refractivity contribution is -0.0534. The molecule has 3 nitrogen and oxygen atoms in total. The first-order valence-corrected chi connectivity index (χ1v) is 8.05. The van der Waals surface area contributed by atoms with Crippen LogP contribution in [-0.4, -0.2) is 49.8 Å². The van der Waals surface area contributed by atoms with Gasteiger partial charge in [0, 0.05) is 26.2 Å². The van der Waals surface area contributed by atoms with E-state index in [1.807, 2.05) is 7.11 Å². The number of likely N-dealkylation sites (tertiary alicyclic amines) is 1. The Hall–Kier alpha value is -0.120. The third-order valence-corrected chi connectivity index (χ3v) is 4.67. The first-order valence-electron chi connectivity index (χ1n) is 8.05. The van der Waals surface area contributed by atoms with Crippen molar-refractivity contribution in [2.24, 2.45) is 5.92 Å². The van der Waals surface area contributed by atoms with Gasteiger partial charge in [-0.25, -0.2) is 0 Å². The fourth-order valence-electron chi connectivity index (χ4n) is 2.97. The van der Waals surface area contributed by atoms with Gasteiger partial charge in [-0.1, -0.05) is 27.2 Å². The van der Waals surface area contributed by atoms with Gasteiger partial charge >= 0.3 is 0 Å². The summed E-state index contributed by atoms with van der Waals surface area (Å²) in [5.41, 5.74) is 0.0585. The number of nitrogens with zero attached hydrogens (tertiary/aromatic N) is 1. The van der Waals surface area contributed by atoms with Crippen molar-refractivity contribution in [1.29, 1.82) is 0 Å². The van der Waals surface area contributed by atoms with Gasteiger partial charge in [0.25, 0.3) is 0 Å². The number of methoxy groups -OCH3 is 1. The molecule has 1 aliphatic heterocycles. The Bertz CT molecular complexity index is 247. The highest BCUT2D eigenvalue weighted by atomic mass is 16.5. The molecule has 3 unspecified atom stereocenters. The molecule has 0 saturated carbocycles. The summed E-state index contributed by atoms with van der Waals surface area (Å²) in [5.74, 6) is 0.738. The van der Waals surface area contributed by atoms with Gasteiger partial charge in [0.1, 0.15) is 0 Å². The van der Waals surface area contributed by atoms with Gasteiger partial charge in [-0.15, -0.1) is 0 Å². The molecule has 3 atom stereocenters. The monoisotopic (exact) mass is 270 g/mol. The SMILES string of the molecule is CCCNC(CN1CCCC(C)(OC)C1)C(C)CC. The topological polar surface area (TPSA) is 24.5 Å². The van der Waals surface area contributed by atoms with Crippen molar-refractivity contribution in [3.05, 3.63) is 0 Å². The van der Waals surface area contributed by atoms with Gasteiger partial charge in [0.15, 0.2) is 0 Å². The number of ether oxygens (including phenoxy) is 1. The smallest absolute Gasteiger partial charge is 0.0777 e. The molecule has 1 aliphatic rings. The van der Waals surface area contributed by atoms with Crippen LogP contribution in [0.1, 0.15) is 53.4 Å². The van der Waals surface area contributed by atoms with E-state index in [1.165, 1.54) is 32.2 Å². The third-order valence-electron chi connectivity index (χ3n) is 4.67. The summed E-state index contributed by atoms with van der Waals surface area (Å²) >= 11 is 0. The van der Waals surface area contributed by atoms with Gasteiger partial charge < -0.3 is 10.1 Å². The maximum Gasteiger partial charge on any atom is 0.0777 e. The van der Waals surface area contributed by atoms with Gasteiger partial charge in [0.05, 0.1) is 5.60 Å². The molecule has 0 aliphatic carbocycles. The average Bonchev–Trinajstić information content (AvgIpc) is 2.42. The summed E-state index contributed by atoms with van der Waals surface area (Å²) in [4.78, 5) is 2.59. The van der Waals surface area contributed by atoms with Gasteiger partial charge in [-0.3, -0.25) is 4.90 Å². The zero-order valence-electron chi connectivity index (χ0n) is 13.7. The van der Waals surface area contributed by atoms with Crippen LogP contribution in [-0.2, 0) is 4.74 Å². The van der Waals surface area contributed by atoms with Crippen LogP contribution in [0.4, 0.5) is 0 Å². The van der Waals surface area contributed by atoms with Crippen molar-refractivity contribution in [2.45, 2.75) is 65.0 Å². The Balaban J connectivity index is 2.52. The molecule has 1 heterocycles. The highest BCUT2D eigenvalue weighted by molar-refractivity contribution is 4.87. The molecule has 0 aromatic heterocycles. The first-order chi connectivity index (χ1) is 9.04. The predicted octanol–water partition coefficient (Wildman–Crippen LogP) is 2.90. The molecule has 1 N–H and O–H groups in total. The van der Waals surface area contributed by atoms with Crippen LogP contribution in [0.3, 0.4) is 0 Å². The lowest BCUT2D eigenvalue weighted by Gasteiger charge is -2.41. The molecular weight excluding hydrogens is 236 g/mol. The van der Waals surface area contributed by atoms with Crippen LogP contribution in [0.2, 0.25) is 0 Å². The lowest BCUT2D eigenvalue weighted by Crippen LogP contribution is -2.52. The molecule has 3 heteroatoms. The number of rotatable bonds is 8. The van der Waals surface area contributed by atoms with Crippen molar-refractivity contribution in [1.82, 2.24) is 10.2 Å². The predicted molar refractivity (Wildman–Crippen MR) is 82.6 cm³/mol. The number of nitrogens with one attached hydrogen (secondary N) is 1. The van der Waals surface area contributed by atoms with E-state index in [2.05, 4.69) is 37.9 Å². The molecule has 1 saturated heterocycles. The van der Waals surface area contributed by atoms with E-state index in [4.69, 9.17) is 4.74 Å². The minimum Gasteiger partial charge on any atom is -0.377 e. The second-order valence-electron chi connectivity index (χ2n) is 6.44. The van der Waals surface area contributed by atoms with Crippen molar-refractivity contribution >= 4 is 0 Å². The molecule has 0 bridgehead atoms. The standard InChI is InChI=1S/C16H34N2O/c1-6-10-17-15(14(3)7-2)12-18-11-8-9-16(4,13-18)19-5/h14-15,17H,6-13H2,1-5H3. The third kappa shape index (κ3) is 5.41. The number of piperidine rings is 1. The Kier molecular flexibility index (Phi) is 7.33. The first kappa shape index (κ1) is 16.9. The minimum absolute atomic E-state index is 0.0585. The van der Waals surface area contributed by atoms with Crippen LogP contribution < -0.4 is 5.32 Å². The molecule has 0 amide bonds. The average molecular weight is 270 g/mol. The van der Waals surface area contributed by atoms with Crippen molar-refractivity contribution in [3.8, 4) is 0 Å².